The molecule has 214 valence electrons. The number of carbonyl (C=O) groups is 4. The van der Waals surface area contributed by atoms with Crippen molar-refractivity contribution in [1.29, 1.82) is 0 Å². The van der Waals surface area contributed by atoms with Gasteiger partial charge in [-0.1, -0.05) is 12.1 Å². The van der Waals surface area contributed by atoms with Crippen LogP contribution in [0.15, 0.2) is 42.5 Å². The van der Waals surface area contributed by atoms with Crippen molar-refractivity contribution >= 4 is 29.5 Å². The second-order valence-electron chi connectivity index (χ2n) is 11.0. The average molecular weight is 553 g/mol. The van der Waals surface area contributed by atoms with Gasteiger partial charge in [0.1, 0.15) is 23.6 Å². The van der Waals surface area contributed by atoms with Crippen molar-refractivity contribution in [3.05, 3.63) is 53.6 Å². The quantitative estimate of drug-likeness (QED) is 0.391. The number of nitrogens with one attached hydrogen (secondary N) is 1. The molecule has 11 nitrogen and oxygen atoms in total. The zero-order valence-electron chi connectivity index (χ0n) is 23.6. The maximum Gasteiger partial charge on any atom is 0.329 e. The van der Waals surface area contributed by atoms with Crippen molar-refractivity contribution in [2.24, 2.45) is 5.92 Å². The molecular formula is C29H36N4O7. The van der Waals surface area contributed by atoms with Crippen LogP contribution < -0.4 is 19.8 Å². The molecule has 0 aliphatic carbocycles. The topological polar surface area (TPSA) is 118 Å². The van der Waals surface area contributed by atoms with Crippen LogP contribution in [0.4, 0.5) is 10.5 Å². The van der Waals surface area contributed by atoms with Gasteiger partial charge in [0.2, 0.25) is 5.91 Å². The van der Waals surface area contributed by atoms with Crippen molar-refractivity contribution in [2.75, 3.05) is 38.7 Å². The van der Waals surface area contributed by atoms with E-state index in [-0.39, 0.29) is 29.9 Å². The van der Waals surface area contributed by atoms with Crippen LogP contribution >= 0.6 is 0 Å². The monoisotopic (exact) mass is 552 g/mol. The number of hydrogen-bond donors (Lipinski definition) is 1. The first-order chi connectivity index (χ1) is 18.9. The molecule has 0 spiro atoms. The number of amides is 4. The third-order valence-corrected chi connectivity index (χ3v) is 6.64. The summed E-state index contributed by atoms with van der Waals surface area (Å²) in [7, 11) is 3.15. The number of methoxy groups -OCH3 is 1. The number of benzene rings is 2. The summed E-state index contributed by atoms with van der Waals surface area (Å²) in [4.78, 5) is 58.1. The third-order valence-electron chi connectivity index (χ3n) is 6.64. The second-order valence-corrected chi connectivity index (χ2v) is 11.0. The highest BCUT2D eigenvalue weighted by Crippen LogP contribution is 2.28. The van der Waals surface area contributed by atoms with Crippen molar-refractivity contribution < 1.29 is 33.5 Å². The van der Waals surface area contributed by atoms with Crippen molar-refractivity contribution in [3.8, 4) is 11.5 Å². The Morgan fingerprint density at radius 2 is 1.73 bits per heavy atom. The van der Waals surface area contributed by atoms with E-state index < -0.39 is 17.5 Å². The molecular weight excluding hydrogens is 516 g/mol. The van der Waals surface area contributed by atoms with E-state index in [9.17, 15) is 19.2 Å². The zero-order valence-corrected chi connectivity index (χ0v) is 23.6. The number of esters is 1. The van der Waals surface area contributed by atoms with Crippen LogP contribution in [-0.4, -0.2) is 73.2 Å². The Labute approximate surface area is 233 Å². The zero-order chi connectivity index (χ0) is 29.0. The summed E-state index contributed by atoms with van der Waals surface area (Å²) in [6, 6.07) is 11.7. The average Bonchev–Trinajstić information content (AvgIpc) is 3.25. The van der Waals surface area contributed by atoms with Gasteiger partial charge >= 0.3 is 12.0 Å². The predicted molar refractivity (Wildman–Crippen MR) is 147 cm³/mol. The molecule has 2 heterocycles. The Balaban J connectivity index is 1.33. The normalized spacial score (nSPS) is 16.5. The number of hydrogen-bond acceptors (Lipinski definition) is 8. The van der Waals surface area contributed by atoms with Gasteiger partial charge in [0.15, 0.2) is 0 Å². The lowest BCUT2D eigenvalue weighted by Gasteiger charge is -2.31. The first-order valence-electron chi connectivity index (χ1n) is 13.2. The van der Waals surface area contributed by atoms with Gasteiger partial charge in [0.05, 0.1) is 18.6 Å². The lowest BCUT2D eigenvalue weighted by atomic mass is 9.98. The Bertz CT molecular complexity index is 1260. The van der Waals surface area contributed by atoms with Gasteiger partial charge in [0, 0.05) is 32.4 Å². The summed E-state index contributed by atoms with van der Waals surface area (Å²) in [5.74, 6) is 0.0633. The molecule has 4 amide bonds. The highest BCUT2D eigenvalue weighted by Gasteiger charge is 2.31. The fourth-order valence-corrected chi connectivity index (χ4v) is 4.61. The summed E-state index contributed by atoms with van der Waals surface area (Å²) in [5, 5.41) is 4.08. The molecule has 0 radical (unpaired) electrons. The molecule has 0 aromatic heterocycles. The Kier molecular flexibility index (Phi) is 8.63. The van der Waals surface area contributed by atoms with Gasteiger partial charge in [-0.05, 0) is 69.5 Å². The highest BCUT2D eigenvalue weighted by atomic mass is 16.7. The molecule has 0 unspecified atom stereocenters. The Morgan fingerprint density at radius 1 is 1.05 bits per heavy atom. The Hall–Kier alpha value is -4.12. The number of rotatable bonds is 8. The van der Waals surface area contributed by atoms with E-state index >= 15 is 0 Å². The van der Waals surface area contributed by atoms with Crippen LogP contribution in [0.25, 0.3) is 0 Å². The standard InChI is InChI=1S/C29H36N4O7/c1-29(2,3)39-27(36)20-12-14-32(15-13-20)40-22-9-6-19(7-10-22)17-31(4)26(35)23-16-21(8-11-24(23)38-5)33-18-25(34)30-28(33)37/h6-11,16,20H,12-15,17-18H2,1-5H3,(H,30,34,37). The summed E-state index contributed by atoms with van der Waals surface area (Å²) in [6.07, 6.45) is 1.34. The predicted octanol–water partition coefficient (Wildman–Crippen LogP) is 3.37. The van der Waals surface area contributed by atoms with Gasteiger partial charge in [-0.25, -0.2) is 4.79 Å². The molecule has 2 aromatic carbocycles. The molecule has 2 saturated heterocycles. The van der Waals surface area contributed by atoms with Crippen molar-refractivity contribution in [3.63, 3.8) is 0 Å². The van der Waals surface area contributed by atoms with Crippen LogP contribution in [0.2, 0.25) is 0 Å². The van der Waals surface area contributed by atoms with Gasteiger partial charge in [-0.15, -0.1) is 5.06 Å². The first-order valence-corrected chi connectivity index (χ1v) is 13.2. The minimum Gasteiger partial charge on any atom is -0.496 e. The van der Waals surface area contributed by atoms with E-state index in [1.54, 1.807) is 30.1 Å². The molecule has 0 saturated carbocycles. The summed E-state index contributed by atoms with van der Waals surface area (Å²) in [6.45, 7) is 7.08. The minimum absolute atomic E-state index is 0.106. The molecule has 0 bridgehead atoms. The second kappa shape index (κ2) is 12.0. The lowest BCUT2D eigenvalue weighted by Crippen LogP contribution is -2.40. The number of hydroxylamine groups is 2. The number of piperidine rings is 1. The van der Waals surface area contributed by atoms with Gasteiger partial charge < -0.3 is 19.2 Å². The van der Waals surface area contributed by atoms with Gasteiger partial charge in [-0.3, -0.25) is 24.6 Å². The van der Waals surface area contributed by atoms with Crippen LogP contribution in [-0.2, 0) is 20.9 Å². The fraction of sp³-hybridized carbons (Fsp3) is 0.448. The van der Waals surface area contributed by atoms with Crippen molar-refractivity contribution in [1.82, 2.24) is 15.3 Å². The molecule has 2 fully saturated rings. The summed E-state index contributed by atoms with van der Waals surface area (Å²) >= 11 is 0. The number of anilines is 1. The minimum atomic E-state index is -0.531. The summed E-state index contributed by atoms with van der Waals surface area (Å²) < 4.78 is 10.9. The third kappa shape index (κ3) is 7.09. The number of urea groups is 1. The number of ether oxygens (including phenoxy) is 2. The van der Waals surface area contributed by atoms with E-state index in [1.165, 1.54) is 12.0 Å². The van der Waals surface area contributed by atoms with Crippen molar-refractivity contribution in [2.45, 2.75) is 45.8 Å². The molecule has 11 heteroatoms. The largest absolute Gasteiger partial charge is 0.496 e. The van der Waals surface area contributed by atoms with Gasteiger partial charge in [0.25, 0.3) is 5.91 Å². The van der Waals surface area contributed by atoms with Crippen LogP contribution in [0.1, 0.15) is 49.5 Å². The highest BCUT2D eigenvalue weighted by molar-refractivity contribution is 6.12. The first kappa shape index (κ1) is 28.9. The number of carbonyl (C=O) groups excluding carboxylic acids is 4. The molecule has 40 heavy (non-hydrogen) atoms. The van der Waals surface area contributed by atoms with Crippen LogP contribution in [0.5, 0.6) is 11.5 Å². The molecule has 2 aromatic rings. The smallest absolute Gasteiger partial charge is 0.329 e. The molecule has 2 aliphatic heterocycles. The molecule has 1 N–H and O–H groups in total. The maximum absolute atomic E-state index is 13.3. The van der Waals surface area contributed by atoms with E-state index in [0.29, 0.717) is 49.7 Å². The van der Waals surface area contributed by atoms with Gasteiger partial charge in [-0.2, -0.15) is 0 Å². The maximum atomic E-state index is 13.3. The molecule has 0 atom stereocenters. The fourth-order valence-electron chi connectivity index (χ4n) is 4.61. The number of imide groups is 1. The lowest BCUT2D eigenvalue weighted by molar-refractivity contribution is -0.165. The SMILES string of the molecule is COc1ccc(N2CC(=O)NC2=O)cc1C(=O)N(C)Cc1ccc(ON2CCC(C(=O)OC(C)(C)C)CC2)cc1. The van der Waals surface area contributed by atoms with E-state index in [4.69, 9.17) is 14.3 Å². The summed E-state index contributed by atoms with van der Waals surface area (Å²) in [5.41, 5.74) is 1.11. The number of nitrogens with zero attached hydrogens (tertiary/aromatic N) is 3. The van der Waals surface area contributed by atoms with E-state index in [1.807, 2.05) is 50.1 Å². The molecule has 4 rings (SSSR count). The molecule has 2 aliphatic rings. The van der Waals surface area contributed by atoms with E-state index in [2.05, 4.69) is 5.32 Å². The van der Waals surface area contributed by atoms with Crippen LogP contribution in [0.3, 0.4) is 0 Å². The van der Waals surface area contributed by atoms with E-state index in [0.717, 1.165) is 5.56 Å². The Morgan fingerprint density at radius 3 is 2.30 bits per heavy atom. The van der Waals surface area contributed by atoms with Crippen LogP contribution in [0, 0.1) is 5.92 Å².